The molecule has 4 nitrogen and oxygen atoms in total. The smallest absolute Gasteiger partial charge is 0.255 e. The summed E-state index contributed by atoms with van der Waals surface area (Å²) < 4.78 is 16.8. The predicted octanol–water partition coefficient (Wildman–Crippen LogP) is 6.46. The van der Waals surface area contributed by atoms with E-state index in [-0.39, 0.29) is 11.7 Å². The van der Waals surface area contributed by atoms with Crippen LogP contribution in [0.5, 0.6) is 0 Å². The number of aryl methyl sites for hydroxylation is 4. The van der Waals surface area contributed by atoms with Crippen molar-refractivity contribution in [2.45, 2.75) is 46.1 Å². The molecule has 1 atom stereocenters. The van der Waals surface area contributed by atoms with Crippen LogP contribution in [0.4, 0.5) is 4.39 Å². The Morgan fingerprint density at radius 3 is 2.50 bits per heavy atom. The summed E-state index contributed by atoms with van der Waals surface area (Å²) in [5.41, 5.74) is 6.46. The summed E-state index contributed by atoms with van der Waals surface area (Å²) in [5, 5.41) is 0. The summed E-state index contributed by atoms with van der Waals surface area (Å²) >= 11 is 0. The Bertz CT molecular complexity index is 1440. The van der Waals surface area contributed by atoms with Crippen LogP contribution >= 0.6 is 0 Å². The number of halogens is 1. The van der Waals surface area contributed by atoms with E-state index in [1.54, 1.807) is 18.2 Å². The van der Waals surface area contributed by atoms with Gasteiger partial charge in [0.15, 0.2) is 0 Å². The molecule has 0 aliphatic carbocycles. The molecule has 2 heterocycles. The Kier molecular flexibility index (Phi) is 5.31. The molecule has 5 heteroatoms. The van der Waals surface area contributed by atoms with Crippen LogP contribution in [0.25, 0.3) is 22.2 Å². The molecule has 0 bridgehead atoms. The van der Waals surface area contributed by atoms with E-state index < -0.39 is 5.54 Å². The molecule has 5 rings (SSSR count). The number of carbonyl (C=O) groups is 1. The zero-order chi connectivity index (χ0) is 24.2. The molecule has 174 valence electrons. The maximum Gasteiger partial charge on any atom is 0.255 e. The van der Waals surface area contributed by atoms with E-state index in [9.17, 15) is 9.18 Å². The highest BCUT2D eigenvalue weighted by Gasteiger charge is 2.45. The minimum absolute atomic E-state index is 0.0821. The van der Waals surface area contributed by atoms with Crippen molar-refractivity contribution < 1.29 is 9.18 Å². The van der Waals surface area contributed by atoms with E-state index in [0.29, 0.717) is 23.2 Å². The minimum atomic E-state index is -0.553. The summed E-state index contributed by atoms with van der Waals surface area (Å²) in [6, 6.07) is 16.6. The largest absolute Gasteiger partial charge is 0.329 e. The molecule has 1 unspecified atom stereocenters. The molecule has 1 aromatic heterocycles. The molecule has 34 heavy (non-hydrogen) atoms. The van der Waals surface area contributed by atoms with Crippen LogP contribution in [0.2, 0.25) is 0 Å². The van der Waals surface area contributed by atoms with Crippen molar-refractivity contribution in [1.82, 2.24) is 14.5 Å². The molecular weight excluding hydrogens is 425 g/mol. The molecule has 0 saturated carbocycles. The van der Waals surface area contributed by atoms with E-state index in [1.165, 1.54) is 17.2 Å². The first-order valence-corrected chi connectivity index (χ1v) is 11.8. The molecule has 0 spiro atoms. The zero-order valence-corrected chi connectivity index (χ0v) is 20.4. The van der Waals surface area contributed by atoms with Crippen molar-refractivity contribution in [1.29, 1.82) is 0 Å². The number of likely N-dealkylation sites (tertiary alicyclic amines) is 1. The fraction of sp³-hybridized carbons (Fsp3) is 0.310. The molecule has 1 aliphatic heterocycles. The number of nitrogens with zero attached hydrogens (tertiary/aromatic N) is 3. The van der Waals surface area contributed by atoms with Gasteiger partial charge in [0, 0.05) is 24.7 Å². The second-order valence-corrected chi connectivity index (χ2v) is 9.78. The number of hydrogen-bond acceptors (Lipinski definition) is 2. The highest BCUT2D eigenvalue weighted by molar-refractivity contribution is 6.01. The van der Waals surface area contributed by atoms with Gasteiger partial charge in [0.2, 0.25) is 0 Å². The zero-order valence-electron chi connectivity index (χ0n) is 20.4. The average Bonchev–Trinajstić information content (AvgIpc) is 3.35. The van der Waals surface area contributed by atoms with Gasteiger partial charge in [0.25, 0.3) is 5.91 Å². The van der Waals surface area contributed by atoms with Crippen LogP contribution in [0, 0.1) is 26.6 Å². The number of amides is 1. The van der Waals surface area contributed by atoms with E-state index >= 15 is 0 Å². The maximum absolute atomic E-state index is 14.7. The van der Waals surface area contributed by atoms with Crippen molar-refractivity contribution >= 4 is 16.9 Å². The van der Waals surface area contributed by atoms with E-state index in [0.717, 1.165) is 35.3 Å². The summed E-state index contributed by atoms with van der Waals surface area (Å²) in [4.78, 5) is 21.0. The fourth-order valence-electron chi connectivity index (χ4n) is 5.35. The second kappa shape index (κ2) is 8.08. The highest BCUT2D eigenvalue weighted by atomic mass is 19.1. The van der Waals surface area contributed by atoms with Crippen molar-refractivity contribution in [2.24, 2.45) is 7.05 Å². The molecule has 0 radical (unpaired) electrons. The number of benzene rings is 3. The van der Waals surface area contributed by atoms with Gasteiger partial charge in [-0.1, -0.05) is 35.9 Å². The van der Waals surface area contributed by atoms with Gasteiger partial charge in [0.05, 0.1) is 16.6 Å². The summed E-state index contributed by atoms with van der Waals surface area (Å²) in [7, 11) is 2.03. The van der Waals surface area contributed by atoms with Gasteiger partial charge in [-0.2, -0.15) is 0 Å². The average molecular weight is 456 g/mol. The lowest BCUT2D eigenvalue weighted by atomic mass is 9.93. The standard InChI is InChI=1S/C29H30FN3O/c1-18-11-12-21(22-9-6-7-10-24(22)30)23(15-18)27(34)33-14-8-13-29(33,4)28-31-25-16-19(2)20(3)17-26(25)32(28)5/h6-7,9-12,15-17H,8,13-14H2,1-5H3. The lowest BCUT2D eigenvalue weighted by molar-refractivity contribution is 0.0601. The third-order valence-electron chi connectivity index (χ3n) is 7.43. The van der Waals surface area contributed by atoms with Crippen molar-refractivity contribution in [2.75, 3.05) is 6.54 Å². The molecule has 0 N–H and O–H groups in total. The molecule has 1 saturated heterocycles. The third-order valence-corrected chi connectivity index (χ3v) is 7.43. The Balaban J connectivity index is 1.63. The quantitative estimate of drug-likeness (QED) is 0.356. The van der Waals surface area contributed by atoms with Gasteiger partial charge in [-0.05, 0) is 81.5 Å². The second-order valence-electron chi connectivity index (χ2n) is 9.78. The molecule has 1 amide bonds. The maximum atomic E-state index is 14.7. The molecular formula is C29H30FN3O. The molecule has 3 aromatic carbocycles. The van der Waals surface area contributed by atoms with Crippen molar-refractivity contribution in [3.8, 4) is 11.1 Å². The third kappa shape index (κ3) is 3.42. The highest BCUT2D eigenvalue weighted by Crippen LogP contribution is 2.41. The van der Waals surface area contributed by atoms with Crippen molar-refractivity contribution in [3.63, 3.8) is 0 Å². The van der Waals surface area contributed by atoms with Crippen LogP contribution in [0.15, 0.2) is 54.6 Å². The van der Waals surface area contributed by atoms with Crippen molar-refractivity contribution in [3.05, 3.63) is 88.5 Å². The SMILES string of the molecule is Cc1ccc(-c2ccccc2F)c(C(=O)N2CCCC2(C)c2nc3cc(C)c(C)cc3n2C)c1. The molecule has 4 aromatic rings. The Hall–Kier alpha value is -3.47. The number of aromatic nitrogens is 2. The minimum Gasteiger partial charge on any atom is -0.329 e. The van der Waals surface area contributed by atoms with Gasteiger partial charge in [-0.15, -0.1) is 0 Å². The van der Waals surface area contributed by atoms with Gasteiger partial charge >= 0.3 is 0 Å². The number of rotatable bonds is 3. The van der Waals surface area contributed by atoms with Gasteiger partial charge in [0.1, 0.15) is 11.6 Å². The van der Waals surface area contributed by atoms with Gasteiger partial charge in [-0.3, -0.25) is 4.79 Å². The summed E-state index contributed by atoms with van der Waals surface area (Å²) in [6.07, 6.45) is 1.72. The normalized spacial score (nSPS) is 18.1. The molecule has 1 fully saturated rings. The topological polar surface area (TPSA) is 38.1 Å². The van der Waals surface area contributed by atoms with Crippen LogP contribution < -0.4 is 0 Å². The number of carbonyl (C=O) groups excluding carboxylic acids is 1. The lowest BCUT2D eigenvalue weighted by Crippen LogP contribution is -2.44. The molecule has 1 aliphatic rings. The van der Waals surface area contributed by atoms with Crippen LogP contribution in [0.3, 0.4) is 0 Å². The Morgan fingerprint density at radius 1 is 1.00 bits per heavy atom. The Labute approximate surface area is 200 Å². The number of fused-ring (bicyclic) bond motifs is 1. The number of imidazole rings is 1. The first-order chi connectivity index (χ1) is 16.2. The summed E-state index contributed by atoms with van der Waals surface area (Å²) in [5.74, 6) is 0.477. The Morgan fingerprint density at radius 2 is 1.74 bits per heavy atom. The predicted molar refractivity (Wildman–Crippen MR) is 134 cm³/mol. The summed E-state index contributed by atoms with van der Waals surface area (Å²) in [6.45, 7) is 8.91. The first kappa shape index (κ1) is 22.3. The van der Waals surface area contributed by atoms with E-state index in [2.05, 4.69) is 37.5 Å². The van der Waals surface area contributed by atoms with Crippen LogP contribution in [-0.4, -0.2) is 26.9 Å². The van der Waals surface area contributed by atoms with E-state index in [1.807, 2.05) is 37.1 Å². The van der Waals surface area contributed by atoms with E-state index in [4.69, 9.17) is 4.98 Å². The van der Waals surface area contributed by atoms with Gasteiger partial charge < -0.3 is 9.47 Å². The van der Waals surface area contributed by atoms with Crippen LogP contribution in [-0.2, 0) is 12.6 Å². The first-order valence-electron chi connectivity index (χ1n) is 11.8. The monoisotopic (exact) mass is 455 g/mol. The fourth-order valence-corrected chi connectivity index (χ4v) is 5.35. The van der Waals surface area contributed by atoms with Crippen LogP contribution in [0.1, 0.15) is 52.6 Å². The lowest BCUT2D eigenvalue weighted by Gasteiger charge is -2.35. The number of hydrogen-bond donors (Lipinski definition) is 0. The van der Waals surface area contributed by atoms with Gasteiger partial charge in [-0.25, -0.2) is 9.37 Å².